The molecule has 0 aliphatic rings. The van der Waals surface area contributed by atoms with E-state index in [9.17, 15) is 4.79 Å². The lowest BCUT2D eigenvalue weighted by atomic mass is 9.91. The van der Waals surface area contributed by atoms with Crippen LogP contribution in [0.15, 0.2) is 42.9 Å². The van der Waals surface area contributed by atoms with E-state index in [0.29, 0.717) is 0 Å². The second kappa shape index (κ2) is 5.40. The van der Waals surface area contributed by atoms with Gasteiger partial charge in [0.15, 0.2) is 0 Å². The number of aliphatic carboxylic acids is 1. The van der Waals surface area contributed by atoms with Crippen LogP contribution in [0.3, 0.4) is 0 Å². The average molecular weight is 242 g/mol. The first-order chi connectivity index (χ1) is 8.66. The maximum atomic E-state index is 11.0. The largest absolute Gasteiger partial charge is 0.481 e. The summed E-state index contributed by atoms with van der Waals surface area (Å²) in [6.45, 7) is 1.99. The predicted octanol–water partition coefficient (Wildman–Crippen LogP) is 2.39. The lowest BCUT2D eigenvalue weighted by Crippen LogP contribution is -2.09. The van der Waals surface area contributed by atoms with Crippen LogP contribution in [0.1, 0.15) is 29.2 Å². The van der Waals surface area contributed by atoms with Crippen molar-refractivity contribution in [3.8, 4) is 0 Å². The molecule has 2 aromatic rings. The van der Waals surface area contributed by atoms with Gasteiger partial charge in [-0.25, -0.2) is 9.97 Å². The zero-order valence-corrected chi connectivity index (χ0v) is 10.1. The number of benzene rings is 1. The Morgan fingerprint density at radius 1 is 1.39 bits per heavy atom. The van der Waals surface area contributed by atoms with Gasteiger partial charge in [-0.05, 0) is 18.6 Å². The number of nitrogens with zero attached hydrogens (tertiary/aromatic N) is 2. The zero-order valence-electron chi connectivity index (χ0n) is 10.1. The summed E-state index contributed by atoms with van der Waals surface area (Å²) in [5.41, 5.74) is 2.81. The van der Waals surface area contributed by atoms with Gasteiger partial charge in [-0.15, -0.1) is 0 Å². The first-order valence-corrected chi connectivity index (χ1v) is 5.71. The van der Waals surface area contributed by atoms with Gasteiger partial charge in [-0.3, -0.25) is 4.79 Å². The van der Waals surface area contributed by atoms with Crippen LogP contribution in [0.25, 0.3) is 0 Å². The molecule has 0 fully saturated rings. The Morgan fingerprint density at radius 3 is 2.83 bits per heavy atom. The van der Waals surface area contributed by atoms with E-state index in [-0.39, 0.29) is 12.3 Å². The van der Waals surface area contributed by atoms with E-state index in [0.717, 1.165) is 16.8 Å². The van der Waals surface area contributed by atoms with Crippen molar-refractivity contribution in [3.05, 3.63) is 59.7 Å². The van der Waals surface area contributed by atoms with Crippen molar-refractivity contribution in [3.63, 3.8) is 0 Å². The summed E-state index contributed by atoms with van der Waals surface area (Å²) in [4.78, 5) is 19.0. The molecule has 1 heterocycles. The molecule has 0 spiro atoms. The molecule has 0 saturated heterocycles. The summed E-state index contributed by atoms with van der Waals surface area (Å²) >= 11 is 0. The summed E-state index contributed by atoms with van der Waals surface area (Å²) in [5, 5.41) is 9.03. The normalized spacial score (nSPS) is 12.1. The average Bonchev–Trinajstić information content (AvgIpc) is 2.37. The van der Waals surface area contributed by atoms with Gasteiger partial charge < -0.3 is 5.11 Å². The van der Waals surface area contributed by atoms with E-state index in [1.165, 1.54) is 6.33 Å². The quantitative estimate of drug-likeness (QED) is 0.894. The van der Waals surface area contributed by atoms with Crippen LogP contribution < -0.4 is 0 Å². The molecule has 2 rings (SSSR count). The molecule has 0 radical (unpaired) electrons. The fourth-order valence-electron chi connectivity index (χ4n) is 1.96. The van der Waals surface area contributed by atoms with Crippen LogP contribution in [0.4, 0.5) is 0 Å². The monoisotopic (exact) mass is 242 g/mol. The molecule has 0 bridgehead atoms. The third-order valence-electron chi connectivity index (χ3n) is 2.79. The summed E-state index contributed by atoms with van der Waals surface area (Å²) in [6, 6.07) is 9.61. The molecular weight excluding hydrogens is 228 g/mol. The molecule has 0 amide bonds. The van der Waals surface area contributed by atoms with Gasteiger partial charge in [0, 0.05) is 12.1 Å². The minimum atomic E-state index is -0.833. The fraction of sp³-hybridized carbons (Fsp3) is 0.214. The van der Waals surface area contributed by atoms with Gasteiger partial charge in [-0.1, -0.05) is 29.8 Å². The standard InChI is InChI=1S/C14H14N2O2/c1-10-3-2-4-11(7-10)12(8-14(17)18)13-5-6-15-9-16-13/h2-7,9,12H,8H2,1H3,(H,17,18). The highest BCUT2D eigenvalue weighted by Gasteiger charge is 2.19. The molecular formula is C14H14N2O2. The van der Waals surface area contributed by atoms with E-state index >= 15 is 0 Å². The van der Waals surface area contributed by atoms with E-state index in [1.54, 1.807) is 12.3 Å². The molecule has 4 nitrogen and oxygen atoms in total. The van der Waals surface area contributed by atoms with E-state index < -0.39 is 5.97 Å². The molecule has 1 atom stereocenters. The highest BCUT2D eigenvalue weighted by Crippen LogP contribution is 2.26. The second-order valence-electron chi connectivity index (χ2n) is 4.20. The van der Waals surface area contributed by atoms with E-state index in [2.05, 4.69) is 9.97 Å². The molecule has 1 unspecified atom stereocenters. The number of carbonyl (C=O) groups is 1. The summed E-state index contributed by atoms with van der Waals surface area (Å²) in [7, 11) is 0. The highest BCUT2D eigenvalue weighted by molar-refractivity contribution is 5.68. The van der Waals surface area contributed by atoms with Crippen molar-refractivity contribution in [1.82, 2.24) is 9.97 Å². The zero-order chi connectivity index (χ0) is 13.0. The number of hydrogen-bond acceptors (Lipinski definition) is 3. The minimum absolute atomic E-state index is 0.0282. The molecule has 1 aromatic heterocycles. The predicted molar refractivity (Wildman–Crippen MR) is 67.3 cm³/mol. The second-order valence-corrected chi connectivity index (χ2v) is 4.20. The summed E-state index contributed by atoms with van der Waals surface area (Å²) in [6.07, 6.45) is 3.10. The maximum absolute atomic E-state index is 11.0. The molecule has 18 heavy (non-hydrogen) atoms. The summed E-state index contributed by atoms with van der Waals surface area (Å²) < 4.78 is 0. The van der Waals surface area contributed by atoms with Crippen LogP contribution >= 0.6 is 0 Å². The third kappa shape index (κ3) is 2.91. The van der Waals surface area contributed by atoms with Gasteiger partial charge in [0.1, 0.15) is 6.33 Å². The van der Waals surface area contributed by atoms with Gasteiger partial charge in [0.2, 0.25) is 0 Å². The number of rotatable bonds is 4. The van der Waals surface area contributed by atoms with Crippen molar-refractivity contribution in [2.24, 2.45) is 0 Å². The van der Waals surface area contributed by atoms with Crippen molar-refractivity contribution in [2.75, 3.05) is 0 Å². The molecule has 4 heteroatoms. The lowest BCUT2D eigenvalue weighted by Gasteiger charge is -2.15. The first-order valence-electron chi connectivity index (χ1n) is 5.71. The Bertz CT molecular complexity index is 541. The summed E-state index contributed by atoms with van der Waals surface area (Å²) in [5.74, 6) is -1.06. The topological polar surface area (TPSA) is 63.1 Å². The lowest BCUT2D eigenvalue weighted by molar-refractivity contribution is -0.137. The molecule has 1 aromatic carbocycles. The fourth-order valence-corrected chi connectivity index (χ4v) is 1.96. The maximum Gasteiger partial charge on any atom is 0.304 e. The van der Waals surface area contributed by atoms with Crippen LogP contribution in [-0.2, 0) is 4.79 Å². The smallest absolute Gasteiger partial charge is 0.304 e. The van der Waals surface area contributed by atoms with Crippen molar-refractivity contribution in [1.29, 1.82) is 0 Å². The number of carboxylic acid groups (broad SMARTS) is 1. The Balaban J connectivity index is 2.40. The van der Waals surface area contributed by atoms with Crippen LogP contribution in [0.5, 0.6) is 0 Å². The van der Waals surface area contributed by atoms with E-state index in [4.69, 9.17) is 5.11 Å². The van der Waals surface area contributed by atoms with Gasteiger partial charge in [0.25, 0.3) is 0 Å². The van der Waals surface area contributed by atoms with Gasteiger partial charge in [-0.2, -0.15) is 0 Å². The molecule has 0 aliphatic carbocycles. The van der Waals surface area contributed by atoms with Crippen molar-refractivity contribution >= 4 is 5.97 Å². The Kier molecular flexibility index (Phi) is 3.67. The van der Waals surface area contributed by atoms with Crippen LogP contribution in [0.2, 0.25) is 0 Å². The first kappa shape index (κ1) is 12.2. The molecule has 92 valence electrons. The molecule has 0 saturated carbocycles. The van der Waals surface area contributed by atoms with Crippen molar-refractivity contribution < 1.29 is 9.90 Å². The number of aromatic nitrogens is 2. The molecule has 0 aliphatic heterocycles. The van der Waals surface area contributed by atoms with E-state index in [1.807, 2.05) is 31.2 Å². The van der Waals surface area contributed by atoms with Crippen LogP contribution in [0, 0.1) is 6.92 Å². The molecule has 1 N–H and O–H groups in total. The SMILES string of the molecule is Cc1cccc(C(CC(=O)O)c2ccncn2)c1. The Hall–Kier alpha value is -2.23. The van der Waals surface area contributed by atoms with Crippen LogP contribution in [-0.4, -0.2) is 21.0 Å². The Morgan fingerprint density at radius 2 is 2.22 bits per heavy atom. The van der Waals surface area contributed by atoms with Crippen molar-refractivity contribution in [2.45, 2.75) is 19.3 Å². The van der Waals surface area contributed by atoms with Gasteiger partial charge >= 0.3 is 5.97 Å². The number of aryl methyl sites for hydroxylation is 1. The number of hydrogen-bond donors (Lipinski definition) is 1. The Labute approximate surface area is 105 Å². The van der Waals surface area contributed by atoms with Gasteiger partial charge in [0.05, 0.1) is 12.1 Å². The third-order valence-corrected chi connectivity index (χ3v) is 2.79. The minimum Gasteiger partial charge on any atom is -0.481 e. The highest BCUT2D eigenvalue weighted by atomic mass is 16.4. The number of carboxylic acids is 1.